The highest BCUT2D eigenvalue weighted by Crippen LogP contribution is 2.43. The van der Waals surface area contributed by atoms with Crippen molar-refractivity contribution in [3.05, 3.63) is 100 Å². The summed E-state index contributed by atoms with van der Waals surface area (Å²) in [7, 11) is 0. The number of benzene rings is 3. The van der Waals surface area contributed by atoms with Gasteiger partial charge in [-0.1, -0.05) is 54.1 Å². The van der Waals surface area contributed by atoms with Crippen molar-refractivity contribution in [2.24, 2.45) is 0 Å². The Morgan fingerprint density at radius 3 is 2.43 bits per heavy atom. The van der Waals surface area contributed by atoms with Crippen LogP contribution in [0.4, 0.5) is 10.1 Å². The molecular formula is C25H22FNO3. The summed E-state index contributed by atoms with van der Waals surface area (Å²) in [4.78, 5) is 27.8. The first-order valence-corrected chi connectivity index (χ1v) is 9.78. The highest BCUT2D eigenvalue weighted by molar-refractivity contribution is 6.11. The van der Waals surface area contributed by atoms with E-state index in [1.54, 1.807) is 42.5 Å². The van der Waals surface area contributed by atoms with Crippen LogP contribution in [0.3, 0.4) is 0 Å². The van der Waals surface area contributed by atoms with E-state index in [-0.39, 0.29) is 24.6 Å². The number of hydrogen-bond donors (Lipinski definition) is 1. The van der Waals surface area contributed by atoms with Crippen LogP contribution in [-0.4, -0.2) is 16.8 Å². The molecule has 1 aliphatic rings. The van der Waals surface area contributed by atoms with Crippen LogP contribution in [0.15, 0.2) is 66.7 Å². The largest absolute Gasteiger partial charge is 0.375 e. The predicted octanol–water partition coefficient (Wildman–Crippen LogP) is 4.45. The lowest BCUT2D eigenvalue weighted by molar-refractivity contribution is -0.136. The molecule has 0 radical (unpaired) electrons. The molecular weight excluding hydrogens is 381 g/mol. The van der Waals surface area contributed by atoms with E-state index >= 15 is 0 Å². The molecule has 4 nitrogen and oxygen atoms in total. The van der Waals surface area contributed by atoms with Crippen LogP contribution >= 0.6 is 0 Å². The molecule has 30 heavy (non-hydrogen) atoms. The van der Waals surface area contributed by atoms with E-state index in [2.05, 4.69) is 0 Å². The number of amides is 1. The number of ketones is 1. The summed E-state index contributed by atoms with van der Waals surface area (Å²) < 4.78 is 13.2. The molecule has 1 N–H and O–H groups in total. The summed E-state index contributed by atoms with van der Waals surface area (Å²) in [5.74, 6) is -1.20. The van der Waals surface area contributed by atoms with Gasteiger partial charge in [0.05, 0.1) is 18.7 Å². The fraction of sp³-hybridized carbons (Fsp3) is 0.200. The molecule has 1 aliphatic heterocycles. The molecule has 0 unspecified atom stereocenters. The van der Waals surface area contributed by atoms with Crippen molar-refractivity contribution < 1.29 is 19.1 Å². The number of hydrogen-bond acceptors (Lipinski definition) is 3. The molecule has 4 rings (SSSR count). The number of aryl methyl sites for hydroxylation is 2. The highest BCUT2D eigenvalue weighted by atomic mass is 19.1. The van der Waals surface area contributed by atoms with Gasteiger partial charge in [0, 0.05) is 11.1 Å². The van der Waals surface area contributed by atoms with E-state index in [1.807, 2.05) is 26.0 Å². The molecule has 0 spiro atoms. The van der Waals surface area contributed by atoms with Crippen molar-refractivity contribution >= 4 is 17.4 Å². The van der Waals surface area contributed by atoms with Crippen LogP contribution in [0.1, 0.15) is 39.0 Å². The predicted molar refractivity (Wildman–Crippen MR) is 113 cm³/mol. The first-order valence-electron chi connectivity index (χ1n) is 9.78. The second-order valence-corrected chi connectivity index (χ2v) is 7.81. The summed E-state index contributed by atoms with van der Waals surface area (Å²) in [6, 6.07) is 18.3. The van der Waals surface area contributed by atoms with Gasteiger partial charge in [0.15, 0.2) is 11.4 Å². The van der Waals surface area contributed by atoms with E-state index in [4.69, 9.17) is 0 Å². The second kappa shape index (κ2) is 7.50. The molecule has 5 heteroatoms. The van der Waals surface area contributed by atoms with Crippen molar-refractivity contribution in [2.45, 2.75) is 32.4 Å². The smallest absolute Gasteiger partial charge is 0.264 e. The Morgan fingerprint density at radius 1 is 1.03 bits per heavy atom. The third-order valence-corrected chi connectivity index (χ3v) is 5.59. The van der Waals surface area contributed by atoms with Crippen molar-refractivity contribution in [2.75, 3.05) is 4.90 Å². The molecule has 152 valence electrons. The van der Waals surface area contributed by atoms with E-state index < -0.39 is 11.5 Å². The fourth-order valence-corrected chi connectivity index (χ4v) is 4.06. The zero-order chi connectivity index (χ0) is 21.5. The number of carbonyl (C=O) groups excluding carboxylic acids is 2. The summed E-state index contributed by atoms with van der Waals surface area (Å²) in [6.07, 6.45) is -0.341. The van der Waals surface area contributed by atoms with Gasteiger partial charge in [0.25, 0.3) is 5.91 Å². The fourth-order valence-electron chi connectivity index (χ4n) is 4.06. The van der Waals surface area contributed by atoms with Crippen molar-refractivity contribution in [3.63, 3.8) is 0 Å². The SMILES string of the molecule is Cc1ccc(C(=O)C[C@]2(O)C(=O)N(Cc3ccc(F)cc3)c3ccccc32)c(C)c1. The molecule has 0 saturated carbocycles. The zero-order valence-corrected chi connectivity index (χ0v) is 16.9. The molecule has 0 bridgehead atoms. The Balaban J connectivity index is 1.68. The van der Waals surface area contributed by atoms with Crippen molar-refractivity contribution in [3.8, 4) is 0 Å². The van der Waals surface area contributed by atoms with Gasteiger partial charge >= 0.3 is 0 Å². The number of fused-ring (bicyclic) bond motifs is 1. The number of anilines is 1. The normalized spacial score (nSPS) is 17.9. The maximum atomic E-state index is 13.3. The monoisotopic (exact) mass is 403 g/mol. The Labute approximate surface area is 174 Å². The number of rotatable bonds is 5. The Morgan fingerprint density at radius 2 is 1.73 bits per heavy atom. The van der Waals surface area contributed by atoms with Gasteiger partial charge in [-0.25, -0.2) is 4.39 Å². The first kappa shape index (κ1) is 20.0. The lowest BCUT2D eigenvalue weighted by Gasteiger charge is -2.23. The maximum absolute atomic E-state index is 13.3. The molecule has 0 fully saturated rings. The Bertz CT molecular complexity index is 1140. The maximum Gasteiger partial charge on any atom is 0.264 e. The third kappa shape index (κ3) is 3.42. The van der Waals surface area contributed by atoms with Crippen LogP contribution < -0.4 is 4.90 Å². The molecule has 1 heterocycles. The second-order valence-electron chi connectivity index (χ2n) is 7.81. The summed E-state index contributed by atoms with van der Waals surface area (Å²) in [5.41, 5.74) is 2.10. The van der Waals surface area contributed by atoms with Gasteiger partial charge in [-0.2, -0.15) is 0 Å². The van der Waals surface area contributed by atoms with Crippen molar-refractivity contribution in [1.82, 2.24) is 0 Å². The van der Waals surface area contributed by atoms with Crippen LogP contribution in [-0.2, 0) is 16.9 Å². The van der Waals surface area contributed by atoms with Gasteiger partial charge in [-0.3, -0.25) is 9.59 Å². The minimum Gasteiger partial charge on any atom is -0.375 e. The molecule has 0 saturated heterocycles. The molecule has 0 aromatic heterocycles. The number of para-hydroxylation sites is 1. The summed E-state index contributed by atoms with van der Waals surface area (Å²) in [5, 5.41) is 11.4. The first-order chi connectivity index (χ1) is 14.3. The van der Waals surface area contributed by atoms with E-state index in [0.717, 1.165) is 16.7 Å². The highest BCUT2D eigenvalue weighted by Gasteiger charge is 2.50. The average Bonchev–Trinajstić information content (AvgIpc) is 2.91. The van der Waals surface area contributed by atoms with Crippen LogP contribution in [0.25, 0.3) is 0 Å². The number of nitrogens with zero attached hydrogens (tertiary/aromatic N) is 1. The minimum absolute atomic E-state index is 0.177. The van der Waals surface area contributed by atoms with Gasteiger partial charge in [0.1, 0.15) is 5.82 Å². The third-order valence-electron chi connectivity index (χ3n) is 5.59. The molecule has 3 aromatic carbocycles. The molecule has 3 aromatic rings. The number of aliphatic hydroxyl groups is 1. The van der Waals surface area contributed by atoms with Crippen LogP contribution in [0, 0.1) is 19.7 Å². The zero-order valence-electron chi connectivity index (χ0n) is 16.9. The minimum atomic E-state index is -1.94. The van der Waals surface area contributed by atoms with Gasteiger partial charge < -0.3 is 10.0 Å². The standard InChI is InChI=1S/C25H22FNO3/c1-16-7-12-20(17(2)13-16)23(28)14-25(30)21-5-3-4-6-22(21)27(24(25)29)15-18-8-10-19(26)11-9-18/h3-13,30H,14-15H2,1-2H3/t25-/m1/s1. The van der Waals surface area contributed by atoms with E-state index in [9.17, 15) is 19.1 Å². The van der Waals surface area contributed by atoms with Gasteiger partial charge in [-0.05, 0) is 43.2 Å². The molecule has 0 aliphatic carbocycles. The number of halogens is 1. The van der Waals surface area contributed by atoms with Gasteiger partial charge in [-0.15, -0.1) is 0 Å². The quantitative estimate of drug-likeness (QED) is 0.641. The van der Waals surface area contributed by atoms with Crippen LogP contribution in [0.2, 0.25) is 0 Å². The lowest BCUT2D eigenvalue weighted by atomic mass is 9.87. The Hall–Kier alpha value is -3.31. The van der Waals surface area contributed by atoms with E-state index in [1.165, 1.54) is 17.0 Å². The number of carbonyl (C=O) groups is 2. The topological polar surface area (TPSA) is 57.6 Å². The summed E-state index contributed by atoms with van der Waals surface area (Å²) >= 11 is 0. The van der Waals surface area contributed by atoms with E-state index in [0.29, 0.717) is 16.8 Å². The Kier molecular flexibility index (Phi) is 5.00. The average molecular weight is 403 g/mol. The lowest BCUT2D eigenvalue weighted by Crippen LogP contribution is -2.41. The van der Waals surface area contributed by atoms with Crippen molar-refractivity contribution in [1.29, 1.82) is 0 Å². The van der Waals surface area contributed by atoms with Crippen LogP contribution in [0.5, 0.6) is 0 Å². The van der Waals surface area contributed by atoms with Gasteiger partial charge in [0.2, 0.25) is 0 Å². The molecule has 1 atom stereocenters. The molecule has 1 amide bonds. The summed E-state index contributed by atoms with van der Waals surface area (Å²) in [6.45, 7) is 3.96. The number of Topliss-reactive ketones (excluding diaryl/α,β-unsaturated/α-hetero) is 1.